The molecular formula is C12H12N2O4S2. The Morgan fingerprint density at radius 2 is 2.00 bits per heavy atom. The van der Waals surface area contributed by atoms with Gasteiger partial charge in [0.05, 0.1) is 16.9 Å². The van der Waals surface area contributed by atoms with E-state index < -0.39 is 16.0 Å². The fourth-order valence-electron chi connectivity index (χ4n) is 1.54. The number of nitrogens with one attached hydrogen (secondary N) is 1. The van der Waals surface area contributed by atoms with Crippen LogP contribution in [0, 0.1) is 6.92 Å². The van der Waals surface area contributed by atoms with Crippen LogP contribution in [0.15, 0.2) is 34.5 Å². The molecule has 0 atom stereocenters. The number of thiophene rings is 1. The molecule has 2 rings (SSSR count). The molecule has 1 aromatic carbocycles. The van der Waals surface area contributed by atoms with Gasteiger partial charge in [-0.3, -0.25) is 4.72 Å². The molecular weight excluding hydrogens is 300 g/mol. The number of benzene rings is 1. The van der Waals surface area contributed by atoms with E-state index >= 15 is 0 Å². The highest BCUT2D eigenvalue weighted by atomic mass is 32.2. The number of rotatable bonds is 4. The van der Waals surface area contributed by atoms with Crippen LogP contribution in [0.4, 0.5) is 11.4 Å². The molecule has 20 heavy (non-hydrogen) atoms. The number of hydrogen-bond acceptors (Lipinski definition) is 5. The van der Waals surface area contributed by atoms with Gasteiger partial charge in [-0.05, 0) is 37.3 Å². The van der Waals surface area contributed by atoms with Crippen LogP contribution in [0.5, 0.6) is 0 Å². The van der Waals surface area contributed by atoms with Gasteiger partial charge in [-0.15, -0.1) is 11.3 Å². The molecule has 0 bridgehead atoms. The lowest BCUT2D eigenvalue weighted by molar-refractivity contribution is 0.0697. The Kier molecular flexibility index (Phi) is 3.69. The number of anilines is 2. The first-order valence-electron chi connectivity index (χ1n) is 5.51. The highest BCUT2D eigenvalue weighted by Gasteiger charge is 2.18. The van der Waals surface area contributed by atoms with Crippen LogP contribution in [0.2, 0.25) is 0 Å². The molecule has 0 aliphatic carbocycles. The fourth-order valence-corrected chi connectivity index (χ4v) is 3.91. The summed E-state index contributed by atoms with van der Waals surface area (Å²) in [6.45, 7) is 1.81. The summed E-state index contributed by atoms with van der Waals surface area (Å²) in [5.74, 6) is -1.13. The lowest BCUT2D eigenvalue weighted by Crippen LogP contribution is -2.13. The molecule has 1 aromatic heterocycles. The second-order valence-corrected chi connectivity index (χ2v) is 7.27. The number of aromatic carboxylic acids is 1. The maximum atomic E-state index is 12.1. The molecule has 0 saturated heterocycles. The summed E-state index contributed by atoms with van der Waals surface area (Å²) in [7, 11) is -3.71. The molecule has 0 aliphatic rings. The zero-order chi connectivity index (χ0) is 14.9. The van der Waals surface area contributed by atoms with E-state index in [-0.39, 0.29) is 21.1 Å². The second-order valence-electron chi connectivity index (χ2n) is 4.08. The zero-order valence-electron chi connectivity index (χ0n) is 10.5. The molecule has 106 valence electrons. The second kappa shape index (κ2) is 5.14. The van der Waals surface area contributed by atoms with Crippen LogP contribution >= 0.6 is 11.3 Å². The van der Waals surface area contributed by atoms with Crippen LogP contribution in [-0.4, -0.2) is 19.5 Å². The molecule has 0 unspecified atom stereocenters. The van der Waals surface area contributed by atoms with Gasteiger partial charge in [-0.1, -0.05) is 0 Å². The van der Waals surface area contributed by atoms with Crippen LogP contribution in [0.1, 0.15) is 15.2 Å². The van der Waals surface area contributed by atoms with Gasteiger partial charge >= 0.3 is 5.97 Å². The molecule has 0 saturated carbocycles. The number of carboxylic acids is 1. The first-order chi connectivity index (χ1) is 9.29. The van der Waals surface area contributed by atoms with Crippen molar-refractivity contribution in [2.24, 2.45) is 0 Å². The van der Waals surface area contributed by atoms with Crippen molar-refractivity contribution < 1.29 is 18.3 Å². The number of sulfonamides is 1. The van der Waals surface area contributed by atoms with Crippen molar-refractivity contribution in [2.45, 2.75) is 11.1 Å². The van der Waals surface area contributed by atoms with Gasteiger partial charge in [0.1, 0.15) is 4.21 Å². The molecule has 6 nitrogen and oxygen atoms in total. The number of nitrogens with two attached hydrogens (primary N) is 1. The molecule has 0 amide bonds. The molecule has 0 aliphatic heterocycles. The minimum Gasteiger partial charge on any atom is -0.478 e. The average molecular weight is 312 g/mol. The number of aryl methyl sites for hydroxylation is 1. The van der Waals surface area contributed by atoms with Gasteiger partial charge in [0, 0.05) is 4.88 Å². The minimum atomic E-state index is -3.71. The van der Waals surface area contributed by atoms with Crippen LogP contribution in [-0.2, 0) is 10.0 Å². The predicted molar refractivity (Wildman–Crippen MR) is 77.7 cm³/mol. The summed E-state index contributed by atoms with van der Waals surface area (Å²) in [5.41, 5.74) is 5.87. The van der Waals surface area contributed by atoms with E-state index in [2.05, 4.69) is 4.72 Å². The van der Waals surface area contributed by atoms with E-state index in [1.54, 1.807) is 13.0 Å². The molecule has 2 aromatic rings. The SMILES string of the molecule is Cc1ccc(S(=O)(=O)Nc2ccc(C(=O)O)cc2N)s1. The predicted octanol–water partition coefficient (Wildman–Crippen LogP) is 2.14. The van der Waals surface area contributed by atoms with Gasteiger partial charge in [-0.25, -0.2) is 13.2 Å². The van der Waals surface area contributed by atoms with E-state index in [1.165, 1.54) is 24.3 Å². The normalized spacial score (nSPS) is 11.2. The van der Waals surface area contributed by atoms with Crippen LogP contribution in [0.3, 0.4) is 0 Å². The molecule has 4 N–H and O–H groups in total. The standard InChI is InChI=1S/C12H12N2O4S2/c1-7-2-5-11(19-7)20(17,18)14-10-4-3-8(12(15)16)6-9(10)13/h2-6,14H,13H2,1H3,(H,15,16). The average Bonchev–Trinajstić information content (AvgIpc) is 2.79. The Bertz CT molecular complexity index is 766. The monoisotopic (exact) mass is 312 g/mol. The van der Waals surface area contributed by atoms with Crippen LogP contribution in [0.25, 0.3) is 0 Å². The maximum absolute atomic E-state index is 12.1. The topological polar surface area (TPSA) is 109 Å². The number of carboxylic acid groups (broad SMARTS) is 1. The highest BCUT2D eigenvalue weighted by Crippen LogP contribution is 2.26. The summed E-state index contributed by atoms with van der Waals surface area (Å²) in [4.78, 5) is 11.7. The molecule has 0 fully saturated rings. The molecule has 1 heterocycles. The summed E-state index contributed by atoms with van der Waals surface area (Å²) in [6, 6.07) is 7.03. The first kappa shape index (κ1) is 14.4. The maximum Gasteiger partial charge on any atom is 0.335 e. The van der Waals surface area contributed by atoms with Gasteiger partial charge in [0.25, 0.3) is 10.0 Å². The third-order valence-electron chi connectivity index (χ3n) is 2.52. The first-order valence-corrected chi connectivity index (χ1v) is 7.81. The van der Waals surface area contributed by atoms with Crippen LogP contribution < -0.4 is 10.5 Å². The highest BCUT2D eigenvalue weighted by molar-refractivity contribution is 7.94. The third-order valence-corrected chi connectivity index (χ3v) is 5.38. The van der Waals surface area contributed by atoms with E-state index in [0.29, 0.717) is 0 Å². The summed E-state index contributed by atoms with van der Waals surface area (Å²) in [5, 5.41) is 8.82. The van der Waals surface area contributed by atoms with Gasteiger partial charge in [-0.2, -0.15) is 0 Å². The van der Waals surface area contributed by atoms with Crippen molar-refractivity contribution in [1.29, 1.82) is 0 Å². The van der Waals surface area contributed by atoms with Crippen molar-refractivity contribution in [2.75, 3.05) is 10.5 Å². The Hall–Kier alpha value is -2.06. The Labute approximate surface area is 119 Å². The largest absolute Gasteiger partial charge is 0.478 e. The summed E-state index contributed by atoms with van der Waals surface area (Å²) >= 11 is 1.14. The van der Waals surface area contributed by atoms with Gasteiger partial charge in [0.15, 0.2) is 0 Å². The fraction of sp³-hybridized carbons (Fsp3) is 0.0833. The molecule has 0 radical (unpaired) electrons. The summed E-state index contributed by atoms with van der Waals surface area (Å²) < 4.78 is 26.8. The van der Waals surface area contributed by atoms with E-state index in [9.17, 15) is 13.2 Å². The number of carbonyl (C=O) groups is 1. The lowest BCUT2D eigenvalue weighted by Gasteiger charge is -2.09. The van der Waals surface area contributed by atoms with Gasteiger partial charge < -0.3 is 10.8 Å². The van der Waals surface area contributed by atoms with Crippen molar-refractivity contribution in [3.63, 3.8) is 0 Å². The Balaban J connectivity index is 2.32. The van der Waals surface area contributed by atoms with Crippen molar-refractivity contribution in [1.82, 2.24) is 0 Å². The van der Waals surface area contributed by atoms with Crippen molar-refractivity contribution in [3.05, 3.63) is 40.8 Å². The number of hydrogen-bond donors (Lipinski definition) is 3. The van der Waals surface area contributed by atoms with E-state index in [4.69, 9.17) is 10.8 Å². The van der Waals surface area contributed by atoms with Crippen molar-refractivity contribution >= 4 is 38.7 Å². The number of nitrogen functional groups attached to an aromatic ring is 1. The smallest absolute Gasteiger partial charge is 0.335 e. The lowest BCUT2D eigenvalue weighted by atomic mass is 10.2. The van der Waals surface area contributed by atoms with E-state index in [0.717, 1.165) is 16.2 Å². The third kappa shape index (κ3) is 2.91. The molecule has 8 heteroatoms. The Morgan fingerprint density at radius 1 is 1.30 bits per heavy atom. The summed E-state index contributed by atoms with van der Waals surface area (Å²) in [6.07, 6.45) is 0. The van der Waals surface area contributed by atoms with Crippen molar-refractivity contribution in [3.8, 4) is 0 Å². The minimum absolute atomic E-state index is 0.00239. The Morgan fingerprint density at radius 3 is 2.50 bits per heavy atom. The molecule has 0 spiro atoms. The zero-order valence-corrected chi connectivity index (χ0v) is 12.1. The van der Waals surface area contributed by atoms with Gasteiger partial charge in [0.2, 0.25) is 0 Å². The quantitative estimate of drug-likeness (QED) is 0.749. The van der Waals surface area contributed by atoms with E-state index in [1.807, 2.05) is 0 Å².